The predicted molar refractivity (Wildman–Crippen MR) is 47.7 cm³/mol. The molecule has 0 bridgehead atoms. The molecule has 1 N–H and O–H groups in total. The first kappa shape index (κ1) is 9.33. The second-order valence-corrected chi connectivity index (χ2v) is 3.41. The van der Waals surface area contributed by atoms with E-state index in [1.165, 1.54) is 0 Å². The van der Waals surface area contributed by atoms with Gasteiger partial charge < -0.3 is 9.52 Å². The third-order valence-electron chi connectivity index (χ3n) is 2.44. The van der Waals surface area contributed by atoms with E-state index in [0.717, 1.165) is 0 Å². The molecule has 1 heterocycles. The summed E-state index contributed by atoms with van der Waals surface area (Å²) >= 11 is 0. The van der Waals surface area contributed by atoms with Gasteiger partial charge in [0, 0.05) is 0 Å². The van der Waals surface area contributed by atoms with Crippen LogP contribution in [-0.2, 0) is 5.60 Å². The van der Waals surface area contributed by atoms with Gasteiger partial charge in [-0.15, -0.1) is 0 Å². The molecule has 0 aliphatic heterocycles. The van der Waals surface area contributed by atoms with Crippen LogP contribution in [0.25, 0.3) is 0 Å². The Morgan fingerprint density at radius 2 is 2.25 bits per heavy atom. The molecule has 0 aromatic carbocycles. The Hall–Kier alpha value is -0.760. The molecule has 1 atom stereocenters. The van der Waals surface area contributed by atoms with Crippen molar-refractivity contribution in [1.29, 1.82) is 0 Å². The zero-order chi connectivity index (χ0) is 9.19. The van der Waals surface area contributed by atoms with Crippen LogP contribution in [0.3, 0.4) is 0 Å². The zero-order valence-corrected chi connectivity index (χ0v) is 7.87. The van der Waals surface area contributed by atoms with Crippen molar-refractivity contribution in [3.8, 4) is 0 Å². The maximum Gasteiger partial charge on any atom is 0.135 e. The average Bonchev–Trinajstić information content (AvgIpc) is 2.54. The van der Waals surface area contributed by atoms with E-state index >= 15 is 0 Å². The Morgan fingerprint density at radius 1 is 1.58 bits per heavy atom. The van der Waals surface area contributed by atoms with E-state index in [1.807, 2.05) is 26.8 Å². The molecule has 68 valence electrons. The van der Waals surface area contributed by atoms with Gasteiger partial charge in [0.05, 0.1) is 6.26 Å². The standard InChI is InChI=1S/C10H16O2/c1-4-10(11,8(2)3)9-6-5-7-12-9/h5-8,11H,4H2,1-3H3. The van der Waals surface area contributed by atoms with E-state index in [2.05, 4.69) is 0 Å². The third-order valence-corrected chi connectivity index (χ3v) is 2.44. The number of furan rings is 1. The molecule has 12 heavy (non-hydrogen) atoms. The van der Waals surface area contributed by atoms with Gasteiger partial charge in [-0.2, -0.15) is 0 Å². The van der Waals surface area contributed by atoms with Crippen LogP contribution < -0.4 is 0 Å². The molecule has 0 amide bonds. The number of hydrogen-bond donors (Lipinski definition) is 1. The minimum Gasteiger partial charge on any atom is -0.466 e. The van der Waals surface area contributed by atoms with Gasteiger partial charge >= 0.3 is 0 Å². The van der Waals surface area contributed by atoms with Crippen LogP contribution >= 0.6 is 0 Å². The van der Waals surface area contributed by atoms with Crippen LogP contribution in [0, 0.1) is 5.92 Å². The molecule has 2 heteroatoms. The lowest BCUT2D eigenvalue weighted by Gasteiger charge is -2.28. The van der Waals surface area contributed by atoms with Gasteiger partial charge in [0.15, 0.2) is 0 Å². The fourth-order valence-electron chi connectivity index (χ4n) is 1.39. The Bertz CT molecular complexity index is 226. The molecule has 0 fully saturated rings. The van der Waals surface area contributed by atoms with Gasteiger partial charge in [-0.05, 0) is 24.5 Å². The lowest BCUT2D eigenvalue weighted by Crippen LogP contribution is -2.30. The monoisotopic (exact) mass is 168 g/mol. The Morgan fingerprint density at radius 3 is 2.58 bits per heavy atom. The molecule has 1 aromatic rings. The lowest BCUT2D eigenvalue weighted by atomic mass is 9.85. The molecule has 1 rings (SSSR count). The fraction of sp³-hybridized carbons (Fsp3) is 0.600. The summed E-state index contributed by atoms with van der Waals surface area (Å²) in [7, 11) is 0. The summed E-state index contributed by atoms with van der Waals surface area (Å²) in [6.07, 6.45) is 2.27. The van der Waals surface area contributed by atoms with Crippen molar-refractivity contribution < 1.29 is 9.52 Å². The highest BCUT2D eigenvalue weighted by Gasteiger charge is 2.33. The quantitative estimate of drug-likeness (QED) is 0.752. The predicted octanol–water partition coefficient (Wildman–Crippen LogP) is 2.53. The van der Waals surface area contributed by atoms with E-state index in [9.17, 15) is 5.11 Å². The number of aliphatic hydroxyl groups is 1. The molecule has 0 saturated carbocycles. The smallest absolute Gasteiger partial charge is 0.135 e. The maximum atomic E-state index is 10.2. The highest BCUT2D eigenvalue weighted by Crippen LogP contribution is 2.32. The Labute approximate surface area is 73.2 Å². The van der Waals surface area contributed by atoms with Gasteiger partial charge in [0.1, 0.15) is 11.4 Å². The first-order chi connectivity index (χ1) is 5.61. The average molecular weight is 168 g/mol. The minimum absolute atomic E-state index is 0.175. The normalized spacial score (nSPS) is 16.4. The summed E-state index contributed by atoms with van der Waals surface area (Å²) in [5.41, 5.74) is -0.802. The molecule has 0 saturated heterocycles. The van der Waals surface area contributed by atoms with Crippen molar-refractivity contribution in [1.82, 2.24) is 0 Å². The first-order valence-corrected chi connectivity index (χ1v) is 4.37. The van der Waals surface area contributed by atoms with Crippen molar-refractivity contribution in [2.75, 3.05) is 0 Å². The zero-order valence-electron chi connectivity index (χ0n) is 7.87. The SMILES string of the molecule is CCC(O)(c1ccco1)C(C)C. The third kappa shape index (κ3) is 1.39. The lowest BCUT2D eigenvalue weighted by molar-refractivity contribution is -0.0330. The summed E-state index contributed by atoms with van der Waals surface area (Å²) in [5.74, 6) is 0.841. The number of hydrogen-bond acceptors (Lipinski definition) is 2. The molecule has 0 radical (unpaired) electrons. The highest BCUT2D eigenvalue weighted by molar-refractivity contribution is 5.09. The topological polar surface area (TPSA) is 33.4 Å². The van der Waals surface area contributed by atoms with Crippen molar-refractivity contribution in [2.45, 2.75) is 32.8 Å². The van der Waals surface area contributed by atoms with Gasteiger partial charge in [0.25, 0.3) is 0 Å². The van der Waals surface area contributed by atoms with Crippen LogP contribution in [0.5, 0.6) is 0 Å². The number of rotatable bonds is 3. The van der Waals surface area contributed by atoms with E-state index < -0.39 is 5.60 Å². The van der Waals surface area contributed by atoms with Crippen molar-refractivity contribution in [2.24, 2.45) is 5.92 Å². The largest absolute Gasteiger partial charge is 0.466 e. The van der Waals surface area contributed by atoms with Gasteiger partial charge in [-0.25, -0.2) is 0 Å². The summed E-state index contributed by atoms with van der Waals surface area (Å²) in [4.78, 5) is 0. The maximum absolute atomic E-state index is 10.2. The van der Waals surface area contributed by atoms with Crippen LogP contribution in [-0.4, -0.2) is 5.11 Å². The molecular formula is C10H16O2. The van der Waals surface area contributed by atoms with Crippen molar-refractivity contribution in [3.05, 3.63) is 24.2 Å². The Kier molecular flexibility index (Phi) is 2.58. The summed E-state index contributed by atoms with van der Waals surface area (Å²) in [6, 6.07) is 3.63. The fourth-order valence-corrected chi connectivity index (χ4v) is 1.39. The second kappa shape index (κ2) is 3.31. The van der Waals surface area contributed by atoms with Gasteiger partial charge in [0.2, 0.25) is 0 Å². The van der Waals surface area contributed by atoms with Gasteiger partial charge in [-0.1, -0.05) is 20.8 Å². The second-order valence-electron chi connectivity index (χ2n) is 3.41. The molecule has 2 nitrogen and oxygen atoms in total. The van der Waals surface area contributed by atoms with Crippen LogP contribution in [0.4, 0.5) is 0 Å². The highest BCUT2D eigenvalue weighted by atomic mass is 16.4. The van der Waals surface area contributed by atoms with E-state index in [-0.39, 0.29) is 5.92 Å². The van der Waals surface area contributed by atoms with Crippen molar-refractivity contribution in [3.63, 3.8) is 0 Å². The first-order valence-electron chi connectivity index (χ1n) is 4.37. The van der Waals surface area contributed by atoms with E-state index in [0.29, 0.717) is 12.2 Å². The summed E-state index contributed by atoms with van der Waals surface area (Å²) < 4.78 is 5.20. The minimum atomic E-state index is -0.802. The molecule has 0 aliphatic carbocycles. The molecule has 0 spiro atoms. The van der Waals surface area contributed by atoms with Crippen LogP contribution in [0.2, 0.25) is 0 Å². The molecule has 0 aliphatic rings. The van der Waals surface area contributed by atoms with Gasteiger partial charge in [-0.3, -0.25) is 0 Å². The van der Waals surface area contributed by atoms with Crippen molar-refractivity contribution >= 4 is 0 Å². The summed E-state index contributed by atoms with van der Waals surface area (Å²) in [5, 5.41) is 10.2. The van der Waals surface area contributed by atoms with E-state index in [4.69, 9.17) is 4.42 Å². The summed E-state index contributed by atoms with van der Waals surface area (Å²) in [6.45, 7) is 5.94. The Balaban J connectivity index is 2.96. The van der Waals surface area contributed by atoms with Crippen LogP contribution in [0.15, 0.2) is 22.8 Å². The molecular weight excluding hydrogens is 152 g/mol. The molecule has 1 unspecified atom stereocenters. The van der Waals surface area contributed by atoms with Crippen LogP contribution in [0.1, 0.15) is 33.0 Å². The van der Waals surface area contributed by atoms with E-state index in [1.54, 1.807) is 12.3 Å². The molecule has 1 aromatic heterocycles.